The summed E-state index contributed by atoms with van der Waals surface area (Å²) in [6, 6.07) is 2.27. The average molecular weight is 273 g/mol. The zero-order valence-electron chi connectivity index (χ0n) is 10.9. The lowest BCUT2D eigenvalue weighted by atomic mass is 10.1. The van der Waals surface area contributed by atoms with Crippen LogP contribution in [0.25, 0.3) is 0 Å². The SMILES string of the molecule is CCc1cc(C(=O)N2CCCC(NC)C2)n[nH]1.Cl. The number of nitrogens with zero attached hydrogens (tertiary/aromatic N) is 2. The Morgan fingerprint density at radius 1 is 1.67 bits per heavy atom. The third kappa shape index (κ3) is 3.23. The molecule has 0 radical (unpaired) electrons. The minimum absolute atomic E-state index is 0. The van der Waals surface area contributed by atoms with Crippen LogP contribution in [0.15, 0.2) is 6.07 Å². The first-order valence-electron chi connectivity index (χ1n) is 6.25. The molecule has 1 aromatic rings. The van der Waals surface area contributed by atoms with Crippen LogP contribution in [0.1, 0.15) is 35.9 Å². The number of piperidine rings is 1. The van der Waals surface area contributed by atoms with E-state index in [0.717, 1.165) is 38.0 Å². The number of halogens is 1. The Balaban J connectivity index is 0.00000162. The molecule has 0 spiro atoms. The van der Waals surface area contributed by atoms with Crippen LogP contribution in [0.5, 0.6) is 0 Å². The summed E-state index contributed by atoms with van der Waals surface area (Å²) in [6.07, 6.45) is 3.07. The normalized spacial score (nSPS) is 19.4. The van der Waals surface area contributed by atoms with E-state index in [1.807, 2.05) is 24.9 Å². The molecule has 1 atom stereocenters. The van der Waals surface area contributed by atoms with E-state index in [4.69, 9.17) is 0 Å². The third-order valence-corrected chi connectivity index (χ3v) is 3.35. The maximum absolute atomic E-state index is 12.2. The van der Waals surface area contributed by atoms with Gasteiger partial charge in [0.25, 0.3) is 5.91 Å². The van der Waals surface area contributed by atoms with Gasteiger partial charge in [-0.25, -0.2) is 0 Å². The maximum Gasteiger partial charge on any atom is 0.274 e. The molecule has 102 valence electrons. The second kappa shape index (κ2) is 6.75. The molecule has 1 amide bonds. The molecule has 18 heavy (non-hydrogen) atoms. The first-order valence-corrected chi connectivity index (χ1v) is 6.25. The van der Waals surface area contributed by atoms with Crippen LogP contribution in [0.4, 0.5) is 0 Å². The molecular formula is C12H21ClN4O. The van der Waals surface area contributed by atoms with E-state index in [-0.39, 0.29) is 18.3 Å². The Morgan fingerprint density at radius 3 is 3.06 bits per heavy atom. The number of hydrogen-bond acceptors (Lipinski definition) is 3. The van der Waals surface area contributed by atoms with Gasteiger partial charge in [-0.05, 0) is 32.4 Å². The van der Waals surface area contributed by atoms with Crippen molar-refractivity contribution in [3.8, 4) is 0 Å². The van der Waals surface area contributed by atoms with Crippen molar-refractivity contribution in [2.45, 2.75) is 32.2 Å². The molecular weight excluding hydrogens is 252 g/mol. The quantitative estimate of drug-likeness (QED) is 0.870. The highest BCUT2D eigenvalue weighted by Crippen LogP contribution is 2.13. The van der Waals surface area contributed by atoms with Crippen molar-refractivity contribution in [1.29, 1.82) is 0 Å². The number of nitrogens with one attached hydrogen (secondary N) is 2. The van der Waals surface area contributed by atoms with Gasteiger partial charge in [0.05, 0.1) is 0 Å². The highest BCUT2D eigenvalue weighted by atomic mass is 35.5. The summed E-state index contributed by atoms with van der Waals surface area (Å²) >= 11 is 0. The van der Waals surface area contributed by atoms with E-state index in [9.17, 15) is 4.79 Å². The monoisotopic (exact) mass is 272 g/mol. The minimum atomic E-state index is 0. The van der Waals surface area contributed by atoms with Gasteiger partial charge >= 0.3 is 0 Å². The van der Waals surface area contributed by atoms with Crippen molar-refractivity contribution in [1.82, 2.24) is 20.4 Å². The van der Waals surface area contributed by atoms with Gasteiger partial charge in [0.2, 0.25) is 0 Å². The smallest absolute Gasteiger partial charge is 0.274 e. The molecule has 0 aliphatic carbocycles. The lowest BCUT2D eigenvalue weighted by Gasteiger charge is -2.32. The van der Waals surface area contributed by atoms with E-state index < -0.39 is 0 Å². The van der Waals surface area contributed by atoms with Crippen LogP contribution in [0.3, 0.4) is 0 Å². The van der Waals surface area contributed by atoms with Gasteiger partial charge in [-0.3, -0.25) is 9.89 Å². The first kappa shape index (κ1) is 15.0. The average Bonchev–Trinajstić information content (AvgIpc) is 2.86. The molecule has 2 rings (SSSR count). The number of hydrogen-bond donors (Lipinski definition) is 2. The standard InChI is InChI=1S/C12H20N4O.ClH/c1-3-9-7-11(15-14-9)12(17)16-6-4-5-10(8-16)13-2;/h7,10,13H,3-6,8H2,1-2H3,(H,14,15);1H. The lowest BCUT2D eigenvalue weighted by molar-refractivity contribution is 0.0692. The van der Waals surface area contributed by atoms with E-state index in [0.29, 0.717) is 11.7 Å². The molecule has 6 heteroatoms. The third-order valence-electron chi connectivity index (χ3n) is 3.35. The number of aromatic nitrogens is 2. The number of aromatic amines is 1. The second-order valence-corrected chi connectivity index (χ2v) is 4.51. The maximum atomic E-state index is 12.2. The number of H-pyrrole nitrogens is 1. The number of carbonyl (C=O) groups excluding carboxylic acids is 1. The van der Waals surface area contributed by atoms with Crippen LogP contribution in [-0.2, 0) is 6.42 Å². The van der Waals surface area contributed by atoms with Gasteiger partial charge in [0.15, 0.2) is 0 Å². The summed E-state index contributed by atoms with van der Waals surface area (Å²) in [6.45, 7) is 3.66. The largest absolute Gasteiger partial charge is 0.336 e. The van der Waals surface area contributed by atoms with Crippen LogP contribution in [0.2, 0.25) is 0 Å². The molecule has 1 aliphatic rings. The molecule has 5 nitrogen and oxygen atoms in total. The summed E-state index contributed by atoms with van der Waals surface area (Å²) in [5.41, 5.74) is 1.55. The number of carbonyl (C=O) groups is 1. The van der Waals surface area contributed by atoms with Crippen molar-refractivity contribution in [2.24, 2.45) is 0 Å². The molecule has 1 aliphatic heterocycles. The Morgan fingerprint density at radius 2 is 2.44 bits per heavy atom. The van der Waals surface area contributed by atoms with Crippen molar-refractivity contribution in [2.75, 3.05) is 20.1 Å². The summed E-state index contributed by atoms with van der Waals surface area (Å²) < 4.78 is 0. The summed E-state index contributed by atoms with van der Waals surface area (Å²) in [4.78, 5) is 14.1. The van der Waals surface area contributed by atoms with Gasteiger partial charge in [0.1, 0.15) is 5.69 Å². The Hall–Kier alpha value is -1.07. The van der Waals surface area contributed by atoms with Crippen LogP contribution >= 0.6 is 12.4 Å². The topological polar surface area (TPSA) is 61.0 Å². The number of likely N-dealkylation sites (N-methyl/N-ethyl adjacent to an activating group) is 1. The van der Waals surface area contributed by atoms with Crippen molar-refractivity contribution in [3.05, 3.63) is 17.5 Å². The molecule has 1 saturated heterocycles. The van der Waals surface area contributed by atoms with Crippen molar-refractivity contribution < 1.29 is 4.79 Å². The fraction of sp³-hybridized carbons (Fsp3) is 0.667. The summed E-state index contributed by atoms with van der Waals surface area (Å²) in [5, 5.41) is 10.2. The number of rotatable bonds is 3. The molecule has 2 N–H and O–H groups in total. The molecule has 1 unspecified atom stereocenters. The van der Waals surface area contributed by atoms with Crippen molar-refractivity contribution in [3.63, 3.8) is 0 Å². The summed E-state index contributed by atoms with van der Waals surface area (Å²) in [7, 11) is 1.95. The zero-order chi connectivity index (χ0) is 12.3. The molecule has 1 aromatic heterocycles. The molecule has 0 bridgehead atoms. The number of likely N-dealkylation sites (tertiary alicyclic amines) is 1. The van der Waals surface area contributed by atoms with E-state index in [1.165, 1.54) is 0 Å². The fourth-order valence-electron chi connectivity index (χ4n) is 2.21. The van der Waals surface area contributed by atoms with E-state index in [2.05, 4.69) is 15.5 Å². The fourth-order valence-corrected chi connectivity index (χ4v) is 2.21. The summed E-state index contributed by atoms with van der Waals surface area (Å²) in [5.74, 6) is 0.0425. The zero-order valence-corrected chi connectivity index (χ0v) is 11.7. The molecule has 0 saturated carbocycles. The molecule has 0 aromatic carbocycles. The van der Waals surface area contributed by atoms with Gasteiger partial charge in [0, 0.05) is 24.8 Å². The van der Waals surface area contributed by atoms with Crippen molar-refractivity contribution >= 4 is 18.3 Å². The van der Waals surface area contributed by atoms with Gasteiger partial charge in [-0.1, -0.05) is 6.92 Å². The van der Waals surface area contributed by atoms with Crippen LogP contribution in [0, 0.1) is 0 Å². The van der Waals surface area contributed by atoms with Gasteiger partial charge in [-0.2, -0.15) is 5.10 Å². The molecule has 1 fully saturated rings. The van der Waals surface area contributed by atoms with Crippen LogP contribution in [-0.4, -0.2) is 47.2 Å². The number of aryl methyl sites for hydroxylation is 1. The van der Waals surface area contributed by atoms with Gasteiger partial charge < -0.3 is 10.2 Å². The highest BCUT2D eigenvalue weighted by molar-refractivity contribution is 5.92. The molecule has 2 heterocycles. The lowest BCUT2D eigenvalue weighted by Crippen LogP contribution is -2.47. The Labute approximate surface area is 114 Å². The Kier molecular flexibility index (Phi) is 5.62. The Bertz CT molecular complexity index is 393. The predicted molar refractivity (Wildman–Crippen MR) is 73.2 cm³/mol. The van der Waals surface area contributed by atoms with E-state index in [1.54, 1.807) is 0 Å². The van der Waals surface area contributed by atoms with E-state index >= 15 is 0 Å². The van der Waals surface area contributed by atoms with Gasteiger partial charge in [-0.15, -0.1) is 12.4 Å². The first-order chi connectivity index (χ1) is 8.24. The second-order valence-electron chi connectivity index (χ2n) is 4.51. The predicted octanol–water partition coefficient (Wildman–Crippen LogP) is 1.22. The minimum Gasteiger partial charge on any atom is -0.336 e. The van der Waals surface area contributed by atoms with Crippen LogP contribution < -0.4 is 5.32 Å². The highest BCUT2D eigenvalue weighted by Gasteiger charge is 2.24. The number of amides is 1.